The second kappa shape index (κ2) is 11.2. The van der Waals surface area contributed by atoms with Crippen LogP contribution >= 0.6 is 0 Å². The molecule has 5 nitrogen and oxygen atoms in total. The Kier molecular flexibility index (Phi) is 8.71. The lowest BCUT2D eigenvalue weighted by molar-refractivity contribution is -0.142. The van der Waals surface area contributed by atoms with Crippen LogP contribution in [0, 0.1) is 0 Å². The summed E-state index contributed by atoms with van der Waals surface area (Å²) in [5.74, 6) is 0.746. The molecule has 0 aliphatic rings. The average Bonchev–Trinajstić information content (AvgIpc) is 2.75. The quantitative estimate of drug-likeness (QED) is 0.665. The number of carbonyl (C=O) groups excluding carboxylic acids is 2. The molecule has 0 spiro atoms. The van der Waals surface area contributed by atoms with E-state index in [1.54, 1.807) is 11.9 Å². The standard InChI is InChI=1S/C24H32N2O3/c1-5-22(24(28)25-4)26(16-15-19-9-7-6-8-10-19)23(27)17-29-21-13-11-20(12-14-21)18(2)3/h6-14,18,22H,5,15-17H2,1-4H3,(H,25,28)/t22-/m0/s1. The highest BCUT2D eigenvalue weighted by Gasteiger charge is 2.27. The summed E-state index contributed by atoms with van der Waals surface area (Å²) in [6, 6.07) is 17.2. The van der Waals surface area contributed by atoms with Crippen LogP contribution in [0.5, 0.6) is 5.75 Å². The Labute approximate surface area is 174 Å². The molecule has 2 amide bonds. The maximum Gasteiger partial charge on any atom is 0.261 e. The van der Waals surface area contributed by atoms with Gasteiger partial charge in [-0.25, -0.2) is 0 Å². The highest BCUT2D eigenvalue weighted by molar-refractivity contribution is 5.88. The van der Waals surface area contributed by atoms with Crippen LogP contribution in [0.3, 0.4) is 0 Å². The zero-order chi connectivity index (χ0) is 21.2. The van der Waals surface area contributed by atoms with E-state index in [-0.39, 0.29) is 18.4 Å². The molecule has 0 saturated heterocycles. The predicted molar refractivity (Wildman–Crippen MR) is 116 cm³/mol. The Morgan fingerprint density at radius 1 is 1.03 bits per heavy atom. The van der Waals surface area contributed by atoms with Crippen molar-refractivity contribution in [2.75, 3.05) is 20.2 Å². The molecule has 0 aromatic heterocycles. The van der Waals surface area contributed by atoms with Gasteiger partial charge in [0.2, 0.25) is 5.91 Å². The van der Waals surface area contributed by atoms with Crippen LogP contribution in [-0.4, -0.2) is 43.0 Å². The van der Waals surface area contributed by atoms with Gasteiger partial charge in [-0.3, -0.25) is 9.59 Å². The van der Waals surface area contributed by atoms with Crippen molar-refractivity contribution in [2.45, 2.75) is 45.6 Å². The van der Waals surface area contributed by atoms with Gasteiger partial charge in [-0.05, 0) is 42.0 Å². The summed E-state index contributed by atoms with van der Waals surface area (Å²) >= 11 is 0. The third-order valence-corrected chi connectivity index (χ3v) is 5.03. The van der Waals surface area contributed by atoms with Crippen LogP contribution in [0.15, 0.2) is 54.6 Å². The lowest BCUT2D eigenvalue weighted by Crippen LogP contribution is -2.50. The van der Waals surface area contributed by atoms with Crippen molar-refractivity contribution < 1.29 is 14.3 Å². The van der Waals surface area contributed by atoms with Gasteiger partial charge in [0.05, 0.1) is 0 Å². The molecular formula is C24H32N2O3. The monoisotopic (exact) mass is 396 g/mol. The molecule has 2 rings (SSSR count). The van der Waals surface area contributed by atoms with E-state index in [1.807, 2.05) is 61.5 Å². The van der Waals surface area contributed by atoms with Gasteiger partial charge in [-0.15, -0.1) is 0 Å². The average molecular weight is 397 g/mol. The number of hydrogen-bond donors (Lipinski definition) is 1. The molecule has 0 aliphatic carbocycles. The first-order valence-corrected chi connectivity index (χ1v) is 10.2. The topological polar surface area (TPSA) is 58.6 Å². The molecule has 0 bridgehead atoms. The van der Waals surface area contributed by atoms with Crippen LogP contribution in [0.25, 0.3) is 0 Å². The van der Waals surface area contributed by atoms with E-state index in [4.69, 9.17) is 4.74 Å². The third kappa shape index (κ3) is 6.63. The molecule has 0 fully saturated rings. The van der Waals surface area contributed by atoms with Crippen molar-refractivity contribution in [3.05, 3.63) is 65.7 Å². The maximum absolute atomic E-state index is 13.0. The zero-order valence-electron chi connectivity index (χ0n) is 17.9. The number of carbonyl (C=O) groups is 2. The fourth-order valence-corrected chi connectivity index (χ4v) is 3.24. The first-order valence-electron chi connectivity index (χ1n) is 10.2. The number of amides is 2. The van der Waals surface area contributed by atoms with Gasteiger partial charge in [0, 0.05) is 13.6 Å². The minimum atomic E-state index is -0.511. The molecule has 0 aliphatic heterocycles. The van der Waals surface area contributed by atoms with E-state index in [0.29, 0.717) is 31.1 Å². The SMILES string of the molecule is CC[C@@H](C(=O)NC)N(CCc1ccccc1)C(=O)COc1ccc(C(C)C)cc1. The van der Waals surface area contributed by atoms with E-state index in [9.17, 15) is 9.59 Å². The van der Waals surface area contributed by atoms with Crippen molar-refractivity contribution >= 4 is 11.8 Å². The number of ether oxygens (including phenoxy) is 1. The highest BCUT2D eigenvalue weighted by Crippen LogP contribution is 2.19. The number of hydrogen-bond acceptors (Lipinski definition) is 3. The summed E-state index contributed by atoms with van der Waals surface area (Å²) in [7, 11) is 1.59. The minimum Gasteiger partial charge on any atom is -0.484 e. The minimum absolute atomic E-state index is 0.0939. The van der Waals surface area contributed by atoms with Crippen LogP contribution in [0.4, 0.5) is 0 Å². The summed E-state index contributed by atoms with van der Waals surface area (Å²) in [4.78, 5) is 26.9. The Hall–Kier alpha value is -2.82. The molecular weight excluding hydrogens is 364 g/mol. The van der Waals surface area contributed by atoms with Crippen LogP contribution < -0.4 is 10.1 Å². The van der Waals surface area contributed by atoms with Gasteiger partial charge >= 0.3 is 0 Å². The van der Waals surface area contributed by atoms with E-state index < -0.39 is 6.04 Å². The van der Waals surface area contributed by atoms with Gasteiger partial charge in [-0.2, -0.15) is 0 Å². The first-order chi connectivity index (χ1) is 14.0. The molecule has 156 valence electrons. The van der Waals surface area contributed by atoms with Crippen molar-refractivity contribution in [3.63, 3.8) is 0 Å². The Morgan fingerprint density at radius 3 is 2.24 bits per heavy atom. The number of likely N-dealkylation sites (N-methyl/N-ethyl adjacent to an activating group) is 1. The summed E-state index contributed by atoms with van der Waals surface area (Å²) in [5.41, 5.74) is 2.35. The van der Waals surface area contributed by atoms with E-state index in [0.717, 1.165) is 5.56 Å². The molecule has 1 atom stereocenters. The van der Waals surface area contributed by atoms with Crippen molar-refractivity contribution in [1.82, 2.24) is 10.2 Å². The summed E-state index contributed by atoms with van der Waals surface area (Å²) in [6.45, 7) is 6.54. The smallest absolute Gasteiger partial charge is 0.261 e. The number of rotatable bonds is 10. The predicted octanol–water partition coefficient (Wildman–Crippen LogP) is 3.78. The van der Waals surface area contributed by atoms with Crippen LogP contribution in [-0.2, 0) is 16.0 Å². The second-order valence-electron chi connectivity index (χ2n) is 7.37. The summed E-state index contributed by atoms with van der Waals surface area (Å²) in [5, 5.41) is 2.67. The fourth-order valence-electron chi connectivity index (χ4n) is 3.24. The zero-order valence-corrected chi connectivity index (χ0v) is 17.9. The molecule has 2 aromatic carbocycles. The lowest BCUT2D eigenvalue weighted by Gasteiger charge is -2.30. The number of benzene rings is 2. The van der Waals surface area contributed by atoms with Crippen molar-refractivity contribution in [1.29, 1.82) is 0 Å². The Bertz CT molecular complexity index is 772. The number of nitrogens with zero attached hydrogens (tertiary/aromatic N) is 1. The molecule has 1 N–H and O–H groups in total. The van der Waals surface area contributed by atoms with E-state index >= 15 is 0 Å². The van der Waals surface area contributed by atoms with Crippen molar-refractivity contribution in [3.8, 4) is 5.75 Å². The summed E-state index contributed by atoms with van der Waals surface area (Å²) < 4.78 is 5.72. The normalized spacial score (nSPS) is 11.8. The molecule has 0 unspecified atom stereocenters. The first kappa shape index (κ1) is 22.5. The van der Waals surface area contributed by atoms with E-state index in [1.165, 1.54) is 5.56 Å². The Morgan fingerprint density at radius 2 is 1.69 bits per heavy atom. The van der Waals surface area contributed by atoms with Gasteiger partial charge in [0.1, 0.15) is 11.8 Å². The lowest BCUT2D eigenvalue weighted by atomic mass is 10.0. The van der Waals surface area contributed by atoms with Crippen LogP contribution in [0.2, 0.25) is 0 Å². The highest BCUT2D eigenvalue weighted by atomic mass is 16.5. The molecule has 5 heteroatoms. The van der Waals surface area contributed by atoms with Gasteiger partial charge < -0.3 is 15.0 Å². The molecule has 2 aromatic rings. The molecule has 0 radical (unpaired) electrons. The molecule has 29 heavy (non-hydrogen) atoms. The van der Waals surface area contributed by atoms with Gasteiger partial charge in [0.25, 0.3) is 5.91 Å². The second-order valence-corrected chi connectivity index (χ2v) is 7.37. The summed E-state index contributed by atoms with van der Waals surface area (Å²) in [6.07, 6.45) is 1.23. The number of nitrogens with one attached hydrogen (secondary N) is 1. The fraction of sp³-hybridized carbons (Fsp3) is 0.417. The van der Waals surface area contributed by atoms with Crippen LogP contribution in [0.1, 0.15) is 44.2 Å². The van der Waals surface area contributed by atoms with Crippen molar-refractivity contribution in [2.24, 2.45) is 0 Å². The largest absolute Gasteiger partial charge is 0.484 e. The van der Waals surface area contributed by atoms with Gasteiger partial charge in [0.15, 0.2) is 6.61 Å². The Balaban J connectivity index is 2.07. The molecule has 0 saturated carbocycles. The van der Waals surface area contributed by atoms with E-state index in [2.05, 4.69) is 19.2 Å². The molecule has 0 heterocycles. The maximum atomic E-state index is 13.0. The van der Waals surface area contributed by atoms with Gasteiger partial charge in [-0.1, -0.05) is 63.2 Å². The third-order valence-electron chi connectivity index (χ3n) is 5.03.